The number of carbonyl (C=O) groups is 1. The number of aromatic nitrogens is 1. The Kier molecular flexibility index (Phi) is 5.51. The van der Waals surface area contributed by atoms with Gasteiger partial charge in [0.25, 0.3) is 0 Å². The minimum atomic E-state index is -0.164. The number of likely N-dealkylation sites (N-methyl/N-ethyl adjacent to an activating group) is 1. The Balaban J connectivity index is 0.00000208. The van der Waals surface area contributed by atoms with Gasteiger partial charge in [-0.15, -0.1) is 0 Å². The molecule has 0 saturated heterocycles. The van der Waals surface area contributed by atoms with Crippen LogP contribution in [0.1, 0.15) is 19.4 Å². The SMILES string of the molecule is CN1/C(=C\C(=O)C[n+]2cccc(Br)c2)C(C)(C)c2ccccc21.[Cl-]. The van der Waals surface area contributed by atoms with E-state index in [1.54, 1.807) is 6.08 Å². The average Bonchev–Trinajstić information content (AvgIpc) is 2.69. The lowest BCUT2D eigenvalue weighted by atomic mass is 9.83. The van der Waals surface area contributed by atoms with Gasteiger partial charge in [0, 0.05) is 36.0 Å². The molecule has 0 saturated carbocycles. The van der Waals surface area contributed by atoms with E-state index in [-0.39, 0.29) is 23.6 Å². The molecular formula is C19H20BrClN2O. The summed E-state index contributed by atoms with van der Waals surface area (Å²) in [5.41, 5.74) is 3.31. The van der Waals surface area contributed by atoms with Crippen molar-refractivity contribution in [2.24, 2.45) is 0 Å². The minimum absolute atomic E-state index is 0. The maximum absolute atomic E-state index is 12.5. The van der Waals surface area contributed by atoms with Gasteiger partial charge < -0.3 is 17.3 Å². The first-order chi connectivity index (χ1) is 10.9. The molecule has 3 nitrogen and oxygen atoms in total. The van der Waals surface area contributed by atoms with Gasteiger partial charge in [0.15, 0.2) is 12.4 Å². The number of para-hydroxylation sites is 1. The number of rotatable bonds is 3. The van der Waals surface area contributed by atoms with E-state index in [4.69, 9.17) is 0 Å². The molecular weight excluding hydrogens is 388 g/mol. The molecule has 0 N–H and O–H groups in total. The van der Waals surface area contributed by atoms with Gasteiger partial charge in [0.05, 0.1) is 4.47 Å². The fourth-order valence-corrected chi connectivity index (χ4v) is 3.64. The summed E-state index contributed by atoms with van der Waals surface area (Å²) >= 11 is 3.43. The number of allylic oxidation sites excluding steroid dienone is 2. The zero-order valence-corrected chi connectivity index (χ0v) is 16.3. The first kappa shape index (κ1) is 18.7. The lowest BCUT2D eigenvalue weighted by Gasteiger charge is -2.23. The molecule has 2 heterocycles. The standard InChI is InChI=1S/C19H20BrN2O.ClH/c1-19(2)16-8-4-5-9-17(16)21(3)18(19)11-15(23)13-22-10-6-7-14(20)12-22;/h4-12H,13H2,1-3H3;1H/q+1;/p-1/b18-11-;. The van der Waals surface area contributed by atoms with Gasteiger partial charge in [0.1, 0.15) is 0 Å². The molecule has 1 aromatic heterocycles. The third-order valence-corrected chi connectivity index (χ3v) is 4.87. The molecule has 2 aromatic rings. The van der Waals surface area contributed by atoms with E-state index in [2.05, 4.69) is 52.9 Å². The maximum Gasteiger partial charge on any atom is 0.222 e. The first-order valence-corrected chi connectivity index (χ1v) is 8.42. The van der Waals surface area contributed by atoms with Crippen molar-refractivity contribution in [3.05, 3.63) is 70.6 Å². The molecule has 24 heavy (non-hydrogen) atoms. The van der Waals surface area contributed by atoms with E-state index in [0.717, 1.165) is 10.2 Å². The Labute approximate surface area is 157 Å². The number of nitrogens with zero attached hydrogens (tertiary/aromatic N) is 2. The maximum atomic E-state index is 12.5. The molecule has 0 amide bonds. The minimum Gasteiger partial charge on any atom is -1.00 e. The number of pyridine rings is 1. The first-order valence-electron chi connectivity index (χ1n) is 7.62. The van der Waals surface area contributed by atoms with Crippen molar-refractivity contribution in [1.82, 2.24) is 0 Å². The molecule has 0 bridgehead atoms. The molecule has 0 radical (unpaired) electrons. The highest BCUT2D eigenvalue weighted by Crippen LogP contribution is 2.46. The Morgan fingerprint density at radius 1 is 1.25 bits per heavy atom. The molecule has 0 spiro atoms. The van der Waals surface area contributed by atoms with Gasteiger partial charge in [-0.2, -0.15) is 4.57 Å². The number of hydrogen-bond donors (Lipinski definition) is 0. The highest BCUT2D eigenvalue weighted by molar-refractivity contribution is 9.10. The van der Waals surface area contributed by atoms with Crippen LogP contribution in [0.2, 0.25) is 0 Å². The van der Waals surface area contributed by atoms with Crippen molar-refractivity contribution >= 4 is 27.4 Å². The largest absolute Gasteiger partial charge is 1.00 e. The molecule has 1 aliphatic rings. The van der Waals surface area contributed by atoms with Crippen LogP contribution in [0.4, 0.5) is 5.69 Å². The quantitative estimate of drug-likeness (QED) is 0.550. The summed E-state index contributed by atoms with van der Waals surface area (Å²) in [6.45, 7) is 4.67. The van der Waals surface area contributed by atoms with Gasteiger partial charge in [0.2, 0.25) is 12.3 Å². The number of benzene rings is 1. The number of anilines is 1. The van der Waals surface area contributed by atoms with Crippen LogP contribution in [0.3, 0.4) is 0 Å². The highest BCUT2D eigenvalue weighted by atomic mass is 79.9. The zero-order valence-electron chi connectivity index (χ0n) is 14.0. The second kappa shape index (κ2) is 7.08. The van der Waals surface area contributed by atoms with Crippen LogP contribution in [0.5, 0.6) is 0 Å². The van der Waals surface area contributed by atoms with Gasteiger partial charge in [-0.3, -0.25) is 4.79 Å². The summed E-state index contributed by atoms with van der Waals surface area (Å²) in [6.07, 6.45) is 5.60. The monoisotopic (exact) mass is 406 g/mol. The summed E-state index contributed by atoms with van der Waals surface area (Å²) in [6, 6.07) is 12.2. The lowest BCUT2D eigenvalue weighted by Crippen LogP contribution is -3.00. The van der Waals surface area contributed by atoms with E-state index in [9.17, 15) is 4.79 Å². The van der Waals surface area contributed by atoms with Crippen LogP contribution in [-0.2, 0) is 16.8 Å². The van der Waals surface area contributed by atoms with E-state index >= 15 is 0 Å². The van der Waals surface area contributed by atoms with E-state index in [0.29, 0.717) is 6.54 Å². The molecule has 0 fully saturated rings. The van der Waals surface area contributed by atoms with Crippen LogP contribution in [0.15, 0.2) is 65.0 Å². The summed E-state index contributed by atoms with van der Waals surface area (Å²) in [5, 5.41) is 0. The van der Waals surface area contributed by atoms with Crippen LogP contribution >= 0.6 is 15.9 Å². The topological polar surface area (TPSA) is 24.2 Å². The third-order valence-electron chi connectivity index (χ3n) is 4.40. The van der Waals surface area contributed by atoms with Crippen LogP contribution in [-0.4, -0.2) is 12.8 Å². The Bertz CT molecular complexity index is 801. The van der Waals surface area contributed by atoms with E-state index in [1.165, 1.54) is 11.3 Å². The Morgan fingerprint density at radius 3 is 2.62 bits per heavy atom. The molecule has 1 aromatic carbocycles. The van der Waals surface area contributed by atoms with E-state index < -0.39 is 0 Å². The normalized spacial score (nSPS) is 16.7. The number of halogens is 2. The van der Waals surface area contributed by atoms with Crippen molar-refractivity contribution in [2.45, 2.75) is 25.8 Å². The van der Waals surface area contributed by atoms with Crippen molar-refractivity contribution in [3.8, 4) is 0 Å². The molecule has 0 aliphatic carbocycles. The smallest absolute Gasteiger partial charge is 0.222 e. The molecule has 5 heteroatoms. The number of carbonyl (C=O) groups excluding carboxylic acids is 1. The lowest BCUT2D eigenvalue weighted by molar-refractivity contribution is -0.684. The fourth-order valence-electron chi connectivity index (χ4n) is 3.23. The van der Waals surface area contributed by atoms with Gasteiger partial charge in [-0.1, -0.05) is 32.0 Å². The second-order valence-corrected chi connectivity index (χ2v) is 7.31. The van der Waals surface area contributed by atoms with Crippen molar-refractivity contribution in [1.29, 1.82) is 0 Å². The number of hydrogen-bond acceptors (Lipinski definition) is 2. The number of ketones is 1. The van der Waals surface area contributed by atoms with Crippen LogP contribution in [0.25, 0.3) is 0 Å². The predicted octanol–water partition coefficient (Wildman–Crippen LogP) is 0.621. The van der Waals surface area contributed by atoms with Crippen LogP contribution < -0.4 is 21.9 Å². The molecule has 0 unspecified atom stereocenters. The average molecular weight is 408 g/mol. The van der Waals surface area contributed by atoms with Crippen molar-refractivity contribution < 1.29 is 21.8 Å². The second-order valence-electron chi connectivity index (χ2n) is 6.39. The zero-order chi connectivity index (χ0) is 16.6. The summed E-state index contributed by atoms with van der Waals surface area (Å²) < 4.78 is 2.85. The summed E-state index contributed by atoms with van der Waals surface area (Å²) in [5.74, 6) is 0.0934. The third kappa shape index (κ3) is 3.40. The molecule has 1 aliphatic heterocycles. The Morgan fingerprint density at radius 2 is 1.96 bits per heavy atom. The van der Waals surface area contributed by atoms with Crippen molar-refractivity contribution in [3.63, 3.8) is 0 Å². The van der Waals surface area contributed by atoms with Gasteiger partial charge in [-0.05, 0) is 33.6 Å². The highest BCUT2D eigenvalue weighted by Gasteiger charge is 2.38. The number of fused-ring (bicyclic) bond motifs is 1. The van der Waals surface area contributed by atoms with E-state index in [1.807, 2.05) is 42.2 Å². The summed E-state index contributed by atoms with van der Waals surface area (Å²) in [4.78, 5) is 14.6. The van der Waals surface area contributed by atoms with Crippen molar-refractivity contribution in [2.75, 3.05) is 11.9 Å². The Hall–Kier alpha value is -1.65. The predicted molar refractivity (Wildman–Crippen MR) is 95.3 cm³/mol. The van der Waals surface area contributed by atoms with Gasteiger partial charge in [-0.25, -0.2) is 0 Å². The van der Waals surface area contributed by atoms with Gasteiger partial charge >= 0.3 is 0 Å². The molecule has 3 rings (SSSR count). The fraction of sp³-hybridized carbons (Fsp3) is 0.263. The van der Waals surface area contributed by atoms with Crippen LogP contribution in [0, 0.1) is 0 Å². The molecule has 126 valence electrons. The molecule has 0 atom stereocenters. The summed E-state index contributed by atoms with van der Waals surface area (Å²) in [7, 11) is 2.03.